The van der Waals surface area contributed by atoms with Gasteiger partial charge in [0.15, 0.2) is 0 Å². The lowest BCUT2D eigenvalue weighted by atomic mass is 9.99. The van der Waals surface area contributed by atoms with E-state index in [1.54, 1.807) is 18.2 Å². The van der Waals surface area contributed by atoms with E-state index in [0.29, 0.717) is 12.4 Å². The van der Waals surface area contributed by atoms with Crippen LogP contribution in [0.4, 0.5) is 0 Å². The minimum absolute atomic E-state index is 0.0395. The molecule has 1 aromatic carbocycles. The van der Waals surface area contributed by atoms with Crippen molar-refractivity contribution in [1.82, 2.24) is 4.72 Å². The molecule has 0 aliphatic carbocycles. The fraction of sp³-hybridized carbons (Fsp3) is 0.625. The first-order valence-electron chi connectivity index (χ1n) is 7.08. The largest absolute Gasteiger partial charge is 0.492 e. The Morgan fingerprint density at radius 3 is 2.14 bits per heavy atom. The number of hydrogen-bond acceptors (Lipinski definition) is 3. The van der Waals surface area contributed by atoms with Crippen LogP contribution in [0.3, 0.4) is 0 Å². The van der Waals surface area contributed by atoms with Crippen LogP contribution in [0.25, 0.3) is 0 Å². The topological polar surface area (TPSA) is 55.4 Å². The summed E-state index contributed by atoms with van der Waals surface area (Å²) in [5, 5.41) is 0. The summed E-state index contributed by atoms with van der Waals surface area (Å²) < 4.78 is 33.5. The number of aryl methyl sites for hydroxylation is 1. The summed E-state index contributed by atoms with van der Waals surface area (Å²) in [7, 11) is -3.61. The van der Waals surface area contributed by atoms with E-state index in [1.807, 2.05) is 48.5 Å². The number of sulfonamides is 1. The highest BCUT2D eigenvalue weighted by Crippen LogP contribution is 2.28. The maximum absolute atomic E-state index is 12.5. The van der Waals surface area contributed by atoms with E-state index < -0.39 is 15.6 Å². The molecular formula is C16H27NO3S. The summed E-state index contributed by atoms with van der Waals surface area (Å²) in [4.78, 5) is 0.187. The quantitative estimate of drug-likeness (QED) is 0.925. The number of rotatable bonds is 4. The Balaban J connectivity index is 3.18. The Morgan fingerprint density at radius 2 is 1.67 bits per heavy atom. The lowest BCUT2D eigenvalue weighted by Crippen LogP contribution is -2.40. The van der Waals surface area contributed by atoms with Crippen LogP contribution in [0, 0.1) is 12.3 Å². The Morgan fingerprint density at radius 1 is 1.10 bits per heavy atom. The van der Waals surface area contributed by atoms with Crippen LogP contribution in [0.5, 0.6) is 5.75 Å². The summed E-state index contributed by atoms with van der Waals surface area (Å²) in [6.45, 7) is 13.9. The van der Waals surface area contributed by atoms with Gasteiger partial charge >= 0.3 is 0 Å². The molecule has 1 N–H and O–H groups in total. The highest BCUT2D eigenvalue weighted by Gasteiger charge is 2.26. The van der Waals surface area contributed by atoms with Crippen molar-refractivity contribution in [2.24, 2.45) is 5.41 Å². The van der Waals surface area contributed by atoms with Crippen LogP contribution in [0.2, 0.25) is 0 Å². The second-order valence-corrected chi connectivity index (χ2v) is 9.31. The van der Waals surface area contributed by atoms with E-state index in [4.69, 9.17) is 4.74 Å². The number of nitrogens with one attached hydrogen (secondary N) is 1. The van der Waals surface area contributed by atoms with Gasteiger partial charge in [-0.3, -0.25) is 0 Å². The molecule has 0 bridgehead atoms. The van der Waals surface area contributed by atoms with Gasteiger partial charge in [0.2, 0.25) is 10.0 Å². The Labute approximate surface area is 129 Å². The first-order valence-corrected chi connectivity index (χ1v) is 8.56. The van der Waals surface area contributed by atoms with Crippen LogP contribution in [0.15, 0.2) is 23.1 Å². The number of ether oxygens (including phenoxy) is 1. The van der Waals surface area contributed by atoms with Crippen LogP contribution in [-0.4, -0.2) is 20.6 Å². The molecule has 1 aromatic rings. The predicted octanol–water partition coefficient (Wildman–Crippen LogP) is 3.50. The first-order chi connectivity index (χ1) is 9.30. The van der Waals surface area contributed by atoms with Gasteiger partial charge in [-0.05, 0) is 50.8 Å². The highest BCUT2D eigenvalue weighted by atomic mass is 32.2. The summed E-state index contributed by atoms with van der Waals surface area (Å²) in [5.74, 6) is 0.404. The van der Waals surface area contributed by atoms with Crippen LogP contribution in [-0.2, 0) is 10.0 Å². The van der Waals surface area contributed by atoms with Gasteiger partial charge in [-0.1, -0.05) is 26.8 Å². The van der Waals surface area contributed by atoms with E-state index in [1.165, 1.54) is 0 Å². The van der Waals surface area contributed by atoms with Crippen molar-refractivity contribution in [3.05, 3.63) is 23.8 Å². The van der Waals surface area contributed by atoms with Gasteiger partial charge in [-0.15, -0.1) is 0 Å². The SMILES string of the molecule is Cc1ccc(S(=O)(=O)NC(C)(C)C)c(OCC(C)(C)C)c1. The fourth-order valence-corrected chi connectivity index (χ4v) is 3.25. The van der Waals surface area contributed by atoms with Crippen molar-refractivity contribution in [1.29, 1.82) is 0 Å². The zero-order valence-electron chi connectivity index (χ0n) is 14.1. The van der Waals surface area contributed by atoms with Crippen LogP contribution >= 0.6 is 0 Å². The summed E-state index contributed by atoms with van der Waals surface area (Å²) in [5.41, 5.74) is 0.390. The van der Waals surface area contributed by atoms with Gasteiger partial charge in [0.1, 0.15) is 10.6 Å². The van der Waals surface area contributed by atoms with E-state index in [-0.39, 0.29) is 10.3 Å². The Bertz CT molecular complexity index is 593. The molecule has 0 spiro atoms. The van der Waals surface area contributed by atoms with Gasteiger partial charge < -0.3 is 4.74 Å². The molecule has 0 atom stereocenters. The van der Waals surface area contributed by atoms with Crippen molar-refractivity contribution in [2.75, 3.05) is 6.61 Å². The van der Waals surface area contributed by atoms with Gasteiger partial charge in [0, 0.05) is 5.54 Å². The third-order valence-corrected chi connectivity index (χ3v) is 4.29. The van der Waals surface area contributed by atoms with Gasteiger partial charge in [0.05, 0.1) is 6.61 Å². The molecule has 0 fully saturated rings. The number of hydrogen-bond donors (Lipinski definition) is 1. The molecule has 0 aliphatic rings. The monoisotopic (exact) mass is 313 g/mol. The highest BCUT2D eigenvalue weighted by molar-refractivity contribution is 7.89. The molecule has 5 heteroatoms. The van der Waals surface area contributed by atoms with E-state index in [0.717, 1.165) is 5.56 Å². The van der Waals surface area contributed by atoms with Gasteiger partial charge in [-0.2, -0.15) is 0 Å². The molecule has 0 heterocycles. The summed E-state index contributed by atoms with van der Waals surface area (Å²) in [6.07, 6.45) is 0. The molecule has 0 saturated heterocycles. The van der Waals surface area contributed by atoms with E-state index in [2.05, 4.69) is 4.72 Å². The second kappa shape index (κ2) is 5.97. The average Bonchev–Trinajstić information content (AvgIpc) is 2.21. The maximum Gasteiger partial charge on any atom is 0.244 e. The zero-order chi connectivity index (χ0) is 16.5. The maximum atomic E-state index is 12.5. The third kappa shape index (κ3) is 6.06. The standard InChI is InChI=1S/C16H27NO3S/c1-12-8-9-14(21(18,19)17-16(5,6)7)13(10-12)20-11-15(2,3)4/h8-10,17H,11H2,1-7H3. The molecule has 0 unspecified atom stereocenters. The Kier molecular flexibility index (Phi) is 5.11. The molecule has 120 valence electrons. The first kappa shape index (κ1) is 18.0. The minimum Gasteiger partial charge on any atom is -0.492 e. The Hall–Kier alpha value is -1.07. The van der Waals surface area contributed by atoms with E-state index >= 15 is 0 Å². The van der Waals surface area contributed by atoms with Crippen molar-refractivity contribution < 1.29 is 13.2 Å². The molecule has 0 aromatic heterocycles. The smallest absolute Gasteiger partial charge is 0.244 e. The molecule has 0 amide bonds. The molecule has 0 aliphatic heterocycles. The van der Waals surface area contributed by atoms with Crippen molar-refractivity contribution in [3.8, 4) is 5.75 Å². The molecule has 1 rings (SSSR count). The molecule has 0 radical (unpaired) electrons. The second-order valence-electron chi connectivity index (χ2n) is 7.66. The lowest BCUT2D eigenvalue weighted by Gasteiger charge is -2.23. The van der Waals surface area contributed by atoms with Crippen LogP contribution in [0.1, 0.15) is 47.1 Å². The molecule has 0 saturated carbocycles. The lowest BCUT2D eigenvalue weighted by molar-refractivity contribution is 0.193. The third-order valence-electron chi connectivity index (χ3n) is 2.49. The normalized spacial score (nSPS) is 13.3. The molecular weight excluding hydrogens is 286 g/mol. The average molecular weight is 313 g/mol. The van der Waals surface area contributed by atoms with E-state index in [9.17, 15) is 8.42 Å². The summed E-state index contributed by atoms with van der Waals surface area (Å²) in [6, 6.07) is 5.14. The zero-order valence-corrected chi connectivity index (χ0v) is 14.9. The van der Waals surface area contributed by atoms with Gasteiger partial charge in [-0.25, -0.2) is 13.1 Å². The van der Waals surface area contributed by atoms with Crippen LogP contribution < -0.4 is 9.46 Å². The summed E-state index contributed by atoms with van der Waals surface area (Å²) >= 11 is 0. The van der Waals surface area contributed by atoms with Crippen molar-refractivity contribution >= 4 is 10.0 Å². The predicted molar refractivity (Wildman–Crippen MR) is 86.2 cm³/mol. The minimum atomic E-state index is -3.61. The number of benzene rings is 1. The van der Waals surface area contributed by atoms with Gasteiger partial charge in [0.25, 0.3) is 0 Å². The fourth-order valence-electron chi connectivity index (χ4n) is 1.70. The molecule has 4 nitrogen and oxygen atoms in total. The van der Waals surface area contributed by atoms with Crippen molar-refractivity contribution in [2.45, 2.75) is 58.9 Å². The van der Waals surface area contributed by atoms with Crippen molar-refractivity contribution in [3.63, 3.8) is 0 Å². The molecule has 21 heavy (non-hydrogen) atoms.